The van der Waals surface area contributed by atoms with Gasteiger partial charge in [-0.1, -0.05) is 61.0 Å². The second-order valence-corrected chi connectivity index (χ2v) is 11.8. The predicted octanol–water partition coefficient (Wildman–Crippen LogP) is 3.68. The Labute approximate surface area is 205 Å². The van der Waals surface area contributed by atoms with Crippen molar-refractivity contribution in [3.05, 3.63) is 64.1 Å². The summed E-state index contributed by atoms with van der Waals surface area (Å²) < 4.78 is 27.2. The van der Waals surface area contributed by atoms with Crippen LogP contribution < -0.4 is 9.62 Å². The highest BCUT2D eigenvalue weighted by atomic mass is 79.9. The summed E-state index contributed by atoms with van der Waals surface area (Å²) in [5.41, 5.74) is 2.18. The first-order valence-corrected chi connectivity index (χ1v) is 13.2. The minimum Gasteiger partial charge on any atom is -0.357 e. The van der Waals surface area contributed by atoms with Crippen LogP contribution in [-0.2, 0) is 31.6 Å². The Morgan fingerprint density at radius 2 is 1.58 bits per heavy atom. The van der Waals surface area contributed by atoms with Crippen LogP contribution in [0.5, 0.6) is 0 Å². The van der Waals surface area contributed by atoms with Gasteiger partial charge in [-0.15, -0.1) is 0 Å². The van der Waals surface area contributed by atoms with Gasteiger partial charge in [-0.25, -0.2) is 8.42 Å². The number of nitrogens with zero attached hydrogens (tertiary/aromatic N) is 2. The van der Waals surface area contributed by atoms with E-state index >= 15 is 0 Å². The molecule has 1 atom stereocenters. The van der Waals surface area contributed by atoms with Crippen molar-refractivity contribution in [2.75, 3.05) is 24.2 Å². The van der Waals surface area contributed by atoms with Crippen molar-refractivity contribution in [3.8, 4) is 0 Å². The molecule has 2 aromatic rings. The summed E-state index contributed by atoms with van der Waals surface area (Å²) in [7, 11) is -2.25. The maximum atomic E-state index is 13.4. The Balaban J connectivity index is 2.37. The van der Waals surface area contributed by atoms with Crippen LogP contribution in [0.1, 0.15) is 38.8 Å². The number of likely N-dealkylation sites (N-methyl/N-ethyl adjacent to an activating group) is 1. The molecular formula is C24H32BrN3O4S. The Hall–Kier alpha value is -2.39. The Morgan fingerprint density at radius 3 is 2.03 bits per heavy atom. The highest BCUT2D eigenvalue weighted by molar-refractivity contribution is 9.10. The van der Waals surface area contributed by atoms with Crippen LogP contribution in [0.25, 0.3) is 0 Å². The molecule has 180 valence electrons. The summed E-state index contributed by atoms with van der Waals surface area (Å²) in [6.07, 6.45) is 1.07. The van der Waals surface area contributed by atoms with E-state index in [9.17, 15) is 18.0 Å². The van der Waals surface area contributed by atoms with Gasteiger partial charge in [0.05, 0.1) is 11.9 Å². The second kappa shape index (κ2) is 10.7. The van der Waals surface area contributed by atoms with Crippen molar-refractivity contribution in [1.82, 2.24) is 10.2 Å². The SMILES string of the molecule is CNC(=O)C(C)N(Cc1ccc(Br)cc1)C(=O)CN(c1ccc(C(C)(C)C)cc1)S(C)(=O)=O. The van der Waals surface area contributed by atoms with Crippen molar-refractivity contribution in [2.24, 2.45) is 0 Å². The molecular weight excluding hydrogens is 506 g/mol. The lowest BCUT2D eigenvalue weighted by atomic mass is 9.87. The van der Waals surface area contributed by atoms with Crippen LogP contribution in [0.15, 0.2) is 53.0 Å². The highest BCUT2D eigenvalue weighted by Gasteiger charge is 2.29. The molecule has 0 radical (unpaired) electrons. The molecule has 0 bridgehead atoms. The number of amides is 2. The Bertz CT molecular complexity index is 1080. The van der Waals surface area contributed by atoms with Crippen LogP contribution in [0.3, 0.4) is 0 Å². The fraction of sp³-hybridized carbons (Fsp3) is 0.417. The zero-order chi connectivity index (χ0) is 25.0. The molecule has 7 nitrogen and oxygen atoms in total. The average molecular weight is 539 g/mol. The van der Waals surface area contributed by atoms with Gasteiger partial charge in [0, 0.05) is 18.1 Å². The van der Waals surface area contributed by atoms with Crippen LogP contribution in [0.2, 0.25) is 0 Å². The molecule has 0 spiro atoms. The zero-order valence-electron chi connectivity index (χ0n) is 19.9. The molecule has 0 aliphatic rings. The minimum atomic E-state index is -3.75. The van der Waals surface area contributed by atoms with E-state index in [1.54, 1.807) is 19.1 Å². The predicted molar refractivity (Wildman–Crippen MR) is 136 cm³/mol. The molecule has 0 aliphatic carbocycles. The molecule has 2 aromatic carbocycles. The van der Waals surface area contributed by atoms with Gasteiger partial charge in [-0.2, -0.15) is 0 Å². The standard InChI is InChI=1S/C24H32BrN3O4S/c1-17(23(30)26-5)27(15-18-7-11-20(25)12-8-18)22(29)16-28(33(6,31)32)21-13-9-19(10-14-21)24(2,3)4/h7-14,17H,15-16H2,1-6H3,(H,26,30). The molecule has 0 aromatic heterocycles. The van der Waals surface area contributed by atoms with Gasteiger partial charge in [0.1, 0.15) is 12.6 Å². The number of sulfonamides is 1. The first-order chi connectivity index (χ1) is 15.2. The largest absolute Gasteiger partial charge is 0.357 e. The van der Waals surface area contributed by atoms with E-state index < -0.39 is 28.5 Å². The van der Waals surface area contributed by atoms with Crippen LogP contribution in [-0.4, -0.2) is 51.0 Å². The van der Waals surface area contributed by atoms with E-state index in [1.165, 1.54) is 11.9 Å². The van der Waals surface area contributed by atoms with Crippen molar-refractivity contribution in [2.45, 2.75) is 45.7 Å². The molecule has 1 N–H and O–H groups in total. The third-order valence-electron chi connectivity index (χ3n) is 5.38. The number of hydrogen-bond acceptors (Lipinski definition) is 4. The number of rotatable bonds is 8. The van der Waals surface area contributed by atoms with Crippen LogP contribution >= 0.6 is 15.9 Å². The zero-order valence-corrected chi connectivity index (χ0v) is 22.3. The third-order valence-corrected chi connectivity index (χ3v) is 7.05. The summed E-state index contributed by atoms with van der Waals surface area (Å²) in [5.74, 6) is -0.805. The van der Waals surface area contributed by atoms with Crippen molar-refractivity contribution in [1.29, 1.82) is 0 Å². The first kappa shape index (κ1) is 26.9. The molecule has 2 rings (SSSR count). The lowest BCUT2D eigenvalue weighted by Gasteiger charge is -2.31. The van der Waals surface area contributed by atoms with E-state index in [0.29, 0.717) is 5.69 Å². The van der Waals surface area contributed by atoms with Crippen molar-refractivity contribution >= 4 is 43.5 Å². The van der Waals surface area contributed by atoms with Crippen molar-refractivity contribution in [3.63, 3.8) is 0 Å². The van der Waals surface area contributed by atoms with Gasteiger partial charge in [-0.05, 0) is 47.7 Å². The van der Waals surface area contributed by atoms with Crippen LogP contribution in [0.4, 0.5) is 5.69 Å². The summed E-state index contributed by atoms with van der Waals surface area (Å²) >= 11 is 3.38. The second-order valence-electron chi connectivity index (χ2n) is 9.00. The number of carbonyl (C=O) groups is 2. The number of benzene rings is 2. The number of halogens is 1. The van der Waals surface area contributed by atoms with Gasteiger partial charge in [-0.3, -0.25) is 13.9 Å². The molecule has 0 saturated heterocycles. The first-order valence-electron chi connectivity index (χ1n) is 10.6. The maximum absolute atomic E-state index is 13.4. The minimum absolute atomic E-state index is 0.0886. The van der Waals surface area contributed by atoms with E-state index in [4.69, 9.17) is 0 Å². The monoisotopic (exact) mass is 537 g/mol. The summed E-state index contributed by atoms with van der Waals surface area (Å²) in [5, 5.41) is 2.56. The van der Waals surface area contributed by atoms with Gasteiger partial charge in [0.15, 0.2) is 0 Å². The van der Waals surface area contributed by atoms with Gasteiger partial charge >= 0.3 is 0 Å². The summed E-state index contributed by atoms with van der Waals surface area (Å²) in [4.78, 5) is 27.1. The number of carbonyl (C=O) groups excluding carboxylic acids is 2. The fourth-order valence-corrected chi connectivity index (χ4v) is 4.43. The molecule has 2 amide bonds. The van der Waals surface area contributed by atoms with Crippen LogP contribution in [0, 0.1) is 0 Å². The molecule has 33 heavy (non-hydrogen) atoms. The average Bonchev–Trinajstić information content (AvgIpc) is 2.74. The molecule has 1 unspecified atom stereocenters. The van der Waals surface area contributed by atoms with Gasteiger partial charge < -0.3 is 10.2 Å². The van der Waals surface area contributed by atoms with Gasteiger partial charge in [0.2, 0.25) is 21.8 Å². The number of hydrogen-bond donors (Lipinski definition) is 1. The lowest BCUT2D eigenvalue weighted by molar-refractivity contribution is -0.139. The van der Waals surface area contributed by atoms with E-state index in [0.717, 1.165) is 26.2 Å². The van der Waals surface area contributed by atoms with Crippen molar-refractivity contribution < 1.29 is 18.0 Å². The smallest absolute Gasteiger partial charge is 0.244 e. The molecule has 0 heterocycles. The number of anilines is 1. The fourth-order valence-electron chi connectivity index (χ4n) is 3.32. The summed E-state index contributed by atoms with van der Waals surface area (Å²) in [6.45, 7) is 7.59. The number of nitrogens with one attached hydrogen (secondary N) is 1. The molecule has 9 heteroatoms. The quantitative estimate of drug-likeness (QED) is 0.556. The molecule has 0 aliphatic heterocycles. The van der Waals surface area contributed by atoms with E-state index in [1.807, 2.05) is 36.4 Å². The topological polar surface area (TPSA) is 86.8 Å². The third kappa shape index (κ3) is 7.30. The summed E-state index contributed by atoms with van der Waals surface area (Å²) in [6, 6.07) is 13.8. The highest BCUT2D eigenvalue weighted by Crippen LogP contribution is 2.26. The van der Waals surface area contributed by atoms with Gasteiger partial charge in [0.25, 0.3) is 0 Å². The Morgan fingerprint density at radius 1 is 1.03 bits per heavy atom. The Kier molecular flexibility index (Phi) is 8.70. The van der Waals surface area contributed by atoms with E-state index in [-0.39, 0.29) is 17.9 Å². The van der Waals surface area contributed by atoms with E-state index in [2.05, 4.69) is 42.0 Å². The molecule has 0 saturated carbocycles. The normalized spacial score (nSPS) is 12.7. The lowest BCUT2D eigenvalue weighted by Crippen LogP contribution is -2.50. The molecule has 0 fully saturated rings. The maximum Gasteiger partial charge on any atom is 0.244 e.